The van der Waals surface area contributed by atoms with E-state index < -0.39 is 0 Å². The summed E-state index contributed by atoms with van der Waals surface area (Å²) in [6, 6.07) is 3.58. The average molecular weight is 328 g/mol. The lowest BCUT2D eigenvalue weighted by Crippen LogP contribution is -2.35. The van der Waals surface area contributed by atoms with Crippen molar-refractivity contribution < 1.29 is 4.42 Å². The third-order valence-electron chi connectivity index (χ3n) is 3.95. The van der Waals surface area contributed by atoms with E-state index in [1.807, 2.05) is 6.92 Å². The van der Waals surface area contributed by atoms with Crippen LogP contribution in [-0.4, -0.2) is 26.4 Å². The Balaban J connectivity index is 1.59. The third-order valence-corrected chi connectivity index (χ3v) is 4.78. The number of fused-ring (bicyclic) bond motifs is 1. The van der Waals surface area contributed by atoms with Crippen molar-refractivity contribution in [1.82, 2.24) is 19.9 Å². The van der Waals surface area contributed by atoms with Gasteiger partial charge >= 0.3 is 0 Å². The largest absolute Gasteiger partial charge is 0.461 e. The van der Waals surface area contributed by atoms with E-state index in [1.165, 1.54) is 0 Å². The number of nitrogens with one attached hydrogen (secondary N) is 1. The van der Waals surface area contributed by atoms with Gasteiger partial charge in [0.15, 0.2) is 11.6 Å². The van der Waals surface area contributed by atoms with Crippen LogP contribution in [0.5, 0.6) is 0 Å². The molecule has 0 unspecified atom stereocenters. The molecule has 1 N–H and O–H groups in total. The van der Waals surface area contributed by atoms with Crippen molar-refractivity contribution in [3.63, 3.8) is 0 Å². The highest BCUT2D eigenvalue weighted by molar-refractivity contribution is 7.09. The van der Waals surface area contributed by atoms with Crippen LogP contribution in [0.1, 0.15) is 22.0 Å². The molecule has 0 aliphatic carbocycles. The zero-order valence-corrected chi connectivity index (χ0v) is 13.5. The summed E-state index contributed by atoms with van der Waals surface area (Å²) in [5.74, 6) is 1.09. The Hall–Kier alpha value is -2.25. The standard InChI is InChI=1S/C16H16N4O2S/c1-10-17-11(9-23-10)7-20-5-4-13-12(8-20)16(21)19-15(18-13)14-3-2-6-22-14/h2-3,6,9H,4-5,7-8H2,1H3,(H,18,19,21). The van der Waals surface area contributed by atoms with Crippen molar-refractivity contribution in [2.75, 3.05) is 6.54 Å². The van der Waals surface area contributed by atoms with Crippen LogP contribution in [0, 0.1) is 6.92 Å². The van der Waals surface area contributed by atoms with E-state index in [2.05, 4.69) is 25.2 Å². The van der Waals surface area contributed by atoms with Gasteiger partial charge in [-0.2, -0.15) is 0 Å². The molecular weight excluding hydrogens is 312 g/mol. The normalized spacial score (nSPS) is 14.8. The first kappa shape index (κ1) is 14.3. The van der Waals surface area contributed by atoms with Gasteiger partial charge in [0.2, 0.25) is 0 Å². The van der Waals surface area contributed by atoms with E-state index in [4.69, 9.17) is 4.42 Å². The first-order valence-electron chi connectivity index (χ1n) is 7.48. The minimum atomic E-state index is -0.0828. The maximum Gasteiger partial charge on any atom is 0.256 e. The molecule has 0 fully saturated rings. The summed E-state index contributed by atoms with van der Waals surface area (Å²) < 4.78 is 5.32. The van der Waals surface area contributed by atoms with Crippen LogP contribution in [0.15, 0.2) is 33.0 Å². The molecule has 4 rings (SSSR count). The van der Waals surface area contributed by atoms with Gasteiger partial charge in [0.05, 0.1) is 28.2 Å². The van der Waals surface area contributed by atoms with Crippen molar-refractivity contribution in [2.24, 2.45) is 0 Å². The molecule has 3 aromatic rings. The van der Waals surface area contributed by atoms with E-state index >= 15 is 0 Å². The first-order chi connectivity index (χ1) is 11.2. The molecule has 0 radical (unpaired) electrons. The lowest BCUT2D eigenvalue weighted by Gasteiger charge is -2.26. The second-order valence-corrected chi connectivity index (χ2v) is 6.70. The van der Waals surface area contributed by atoms with Gasteiger partial charge in [0, 0.05) is 31.4 Å². The summed E-state index contributed by atoms with van der Waals surface area (Å²) in [5.41, 5.74) is 2.59. The van der Waals surface area contributed by atoms with Crippen molar-refractivity contribution >= 4 is 11.3 Å². The molecule has 0 saturated heterocycles. The Bertz CT molecular complexity index is 882. The third kappa shape index (κ3) is 2.85. The van der Waals surface area contributed by atoms with Gasteiger partial charge in [-0.15, -0.1) is 11.3 Å². The topological polar surface area (TPSA) is 75.0 Å². The summed E-state index contributed by atoms with van der Waals surface area (Å²) in [4.78, 5) is 26.5. The van der Waals surface area contributed by atoms with Crippen LogP contribution < -0.4 is 5.56 Å². The van der Waals surface area contributed by atoms with E-state index in [9.17, 15) is 4.79 Å². The zero-order chi connectivity index (χ0) is 15.8. The zero-order valence-electron chi connectivity index (χ0n) is 12.7. The number of aryl methyl sites for hydroxylation is 1. The quantitative estimate of drug-likeness (QED) is 0.799. The molecule has 7 heteroatoms. The van der Waals surface area contributed by atoms with Gasteiger partial charge in [-0.25, -0.2) is 9.97 Å². The fourth-order valence-electron chi connectivity index (χ4n) is 2.86. The number of thiazole rings is 1. The molecule has 6 nitrogen and oxygen atoms in total. The van der Waals surface area contributed by atoms with Gasteiger partial charge in [0.1, 0.15) is 0 Å². The van der Waals surface area contributed by atoms with Gasteiger partial charge in [-0.3, -0.25) is 9.69 Å². The van der Waals surface area contributed by atoms with Crippen LogP contribution in [0.25, 0.3) is 11.6 Å². The summed E-state index contributed by atoms with van der Waals surface area (Å²) in [6.45, 7) is 4.25. The Morgan fingerprint density at radius 1 is 1.43 bits per heavy atom. The molecule has 3 aromatic heterocycles. The molecule has 4 heterocycles. The van der Waals surface area contributed by atoms with Crippen molar-refractivity contribution in [1.29, 1.82) is 0 Å². The fourth-order valence-corrected chi connectivity index (χ4v) is 3.46. The minimum Gasteiger partial charge on any atom is -0.461 e. The molecule has 0 spiro atoms. The molecule has 0 aromatic carbocycles. The number of hydrogen-bond acceptors (Lipinski definition) is 6. The predicted octanol–water partition coefficient (Wildman–Crippen LogP) is 2.35. The van der Waals surface area contributed by atoms with Crippen molar-refractivity contribution in [2.45, 2.75) is 26.4 Å². The van der Waals surface area contributed by atoms with E-state index in [-0.39, 0.29) is 5.56 Å². The van der Waals surface area contributed by atoms with Gasteiger partial charge in [-0.05, 0) is 19.1 Å². The molecule has 0 atom stereocenters. The highest BCUT2D eigenvalue weighted by Gasteiger charge is 2.22. The van der Waals surface area contributed by atoms with Gasteiger partial charge in [0.25, 0.3) is 5.56 Å². The van der Waals surface area contributed by atoms with Crippen LogP contribution in [0.4, 0.5) is 0 Å². The number of furan rings is 1. The second kappa shape index (κ2) is 5.75. The maximum absolute atomic E-state index is 12.4. The molecular formula is C16H16N4O2S. The second-order valence-electron chi connectivity index (χ2n) is 5.64. The summed E-state index contributed by atoms with van der Waals surface area (Å²) in [5, 5.41) is 3.15. The van der Waals surface area contributed by atoms with Gasteiger partial charge in [-0.1, -0.05) is 0 Å². The fraction of sp³-hybridized carbons (Fsp3) is 0.312. The number of aromatic amines is 1. The van der Waals surface area contributed by atoms with E-state index in [0.717, 1.165) is 41.5 Å². The molecule has 0 bridgehead atoms. The Morgan fingerprint density at radius 3 is 3.09 bits per heavy atom. The molecule has 0 amide bonds. The first-order valence-corrected chi connectivity index (χ1v) is 8.36. The Morgan fingerprint density at radius 2 is 2.35 bits per heavy atom. The Kier molecular flexibility index (Phi) is 3.59. The molecule has 0 saturated carbocycles. The van der Waals surface area contributed by atoms with Gasteiger partial charge < -0.3 is 9.40 Å². The summed E-state index contributed by atoms with van der Waals surface area (Å²) in [6.07, 6.45) is 2.34. The summed E-state index contributed by atoms with van der Waals surface area (Å²) in [7, 11) is 0. The lowest BCUT2D eigenvalue weighted by molar-refractivity contribution is 0.239. The van der Waals surface area contributed by atoms with Crippen LogP contribution >= 0.6 is 11.3 Å². The number of H-pyrrole nitrogens is 1. The molecule has 1 aliphatic rings. The Labute approximate surface area is 136 Å². The van der Waals surface area contributed by atoms with Crippen LogP contribution in [-0.2, 0) is 19.5 Å². The molecule has 1 aliphatic heterocycles. The van der Waals surface area contributed by atoms with E-state index in [0.29, 0.717) is 18.1 Å². The predicted molar refractivity (Wildman–Crippen MR) is 87.2 cm³/mol. The van der Waals surface area contributed by atoms with E-state index in [1.54, 1.807) is 29.7 Å². The molecule has 118 valence electrons. The smallest absolute Gasteiger partial charge is 0.256 e. The SMILES string of the molecule is Cc1nc(CN2CCc3nc(-c4ccco4)[nH]c(=O)c3C2)cs1. The van der Waals surface area contributed by atoms with Crippen LogP contribution in [0.2, 0.25) is 0 Å². The van der Waals surface area contributed by atoms with Crippen molar-refractivity contribution in [3.8, 4) is 11.6 Å². The highest BCUT2D eigenvalue weighted by Crippen LogP contribution is 2.20. The number of nitrogens with zero attached hydrogens (tertiary/aromatic N) is 3. The molecule has 23 heavy (non-hydrogen) atoms. The van der Waals surface area contributed by atoms with Crippen molar-refractivity contribution in [3.05, 3.63) is 56.1 Å². The minimum absolute atomic E-state index is 0.0828. The average Bonchev–Trinajstić information content (AvgIpc) is 3.20. The number of hydrogen-bond donors (Lipinski definition) is 1. The number of rotatable bonds is 3. The highest BCUT2D eigenvalue weighted by atomic mass is 32.1. The lowest BCUT2D eigenvalue weighted by atomic mass is 10.1. The maximum atomic E-state index is 12.4. The number of aromatic nitrogens is 3. The van der Waals surface area contributed by atoms with Crippen LogP contribution in [0.3, 0.4) is 0 Å². The monoisotopic (exact) mass is 328 g/mol. The summed E-state index contributed by atoms with van der Waals surface area (Å²) >= 11 is 1.65.